The van der Waals surface area contributed by atoms with E-state index in [-0.39, 0.29) is 17.6 Å². The molecule has 0 aromatic heterocycles. The summed E-state index contributed by atoms with van der Waals surface area (Å²) >= 11 is 0. The second kappa shape index (κ2) is 9.20. The predicted molar refractivity (Wildman–Crippen MR) is 124 cm³/mol. The van der Waals surface area contributed by atoms with Crippen LogP contribution in [0.2, 0.25) is 0 Å². The normalized spacial score (nSPS) is 15.8. The van der Waals surface area contributed by atoms with E-state index in [0.717, 1.165) is 27.5 Å². The van der Waals surface area contributed by atoms with Gasteiger partial charge < -0.3 is 5.32 Å². The van der Waals surface area contributed by atoms with E-state index < -0.39 is 10.0 Å². The van der Waals surface area contributed by atoms with E-state index in [2.05, 4.69) is 23.5 Å². The maximum Gasteiger partial charge on any atom is 0.223 e. The summed E-state index contributed by atoms with van der Waals surface area (Å²) in [7, 11) is -3.38. The van der Waals surface area contributed by atoms with Crippen LogP contribution in [0.5, 0.6) is 0 Å². The highest BCUT2D eigenvalue weighted by Crippen LogP contribution is 2.23. The third-order valence-corrected chi connectivity index (χ3v) is 7.87. The summed E-state index contributed by atoms with van der Waals surface area (Å²) in [6.45, 7) is 3.24. The van der Waals surface area contributed by atoms with Crippen molar-refractivity contribution in [1.82, 2.24) is 9.62 Å². The number of piperidine rings is 1. The van der Waals surface area contributed by atoms with Gasteiger partial charge in [0, 0.05) is 25.6 Å². The summed E-state index contributed by atoms with van der Waals surface area (Å²) in [6, 6.07) is 21.8. The van der Waals surface area contributed by atoms with E-state index in [1.165, 1.54) is 4.31 Å². The molecule has 0 aliphatic carbocycles. The average Bonchev–Trinajstić information content (AvgIpc) is 2.79. The lowest BCUT2D eigenvalue weighted by Crippen LogP contribution is -2.43. The van der Waals surface area contributed by atoms with E-state index >= 15 is 0 Å². The quantitative estimate of drug-likeness (QED) is 0.635. The molecule has 1 aliphatic heterocycles. The minimum atomic E-state index is -3.38. The molecular formula is C25H28N2O3S. The van der Waals surface area contributed by atoms with Crippen LogP contribution in [0.3, 0.4) is 0 Å². The number of hydrogen-bond donors (Lipinski definition) is 1. The Bertz CT molecular complexity index is 1160. The van der Waals surface area contributed by atoms with Crippen molar-refractivity contribution < 1.29 is 13.2 Å². The first-order valence-electron chi connectivity index (χ1n) is 10.7. The number of hydrogen-bond acceptors (Lipinski definition) is 3. The number of sulfonamides is 1. The number of fused-ring (bicyclic) bond motifs is 1. The molecule has 1 N–H and O–H groups in total. The molecule has 0 bridgehead atoms. The maximum absolute atomic E-state index is 12.8. The van der Waals surface area contributed by atoms with Crippen molar-refractivity contribution in [1.29, 1.82) is 0 Å². The first-order valence-corrected chi connectivity index (χ1v) is 12.3. The summed E-state index contributed by atoms with van der Waals surface area (Å²) in [5, 5.41) is 5.35. The van der Waals surface area contributed by atoms with Crippen LogP contribution >= 0.6 is 0 Å². The van der Waals surface area contributed by atoms with Gasteiger partial charge in [-0.05, 0) is 41.7 Å². The molecule has 3 aromatic rings. The van der Waals surface area contributed by atoms with Crippen molar-refractivity contribution in [2.24, 2.45) is 5.92 Å². The molecule has 1 fully saturated rings. The number of rotatable bonds is 6. The lowest BCUT2D eigenvalue weighted by atomic mass is 9.97. The molecular weight excluding hydrogens is 408 g/mol. The van der Waals surface area contributed by atoms with Gasteiger partial charge in [0.05, 0.1) is 5.75 Å². The Kier molecular flexibility index (Phi) is 6.39. The molecule has 6 heteroatoms. The monoisotopic (exact) mass is 436 g/mol. The molecule has 3 aromatic carbocycles. The predicted octanol–water partition coefficient (Wildman–Crippen LogP) is 4.01. The summed E-state index contributed by atoms with van der Waals surface area (Å²) in [6.07, 6.45) is 1.10. The SMILES string of the molecule is Cc1ccc(CS(=O)(=O)N2CCC(C(=O)NCc3cccc4ccccc34)CC2)cc1. The number of carbonyl (C=O) groups excluding carboxylic acids is 1. The lowest BCUT2D eigenvalue weighted by molar-refractivity contribution is -0.126. The highest BCUT2D eigenvalue weighted by Gasteiger charge is 2.31. The Labute approximate surface area is 184 Å². The number of nitrogens with one attached hydrogen (secondary N) is 1. The molecule has 162 valence electrons. The third kappa shape index (κ3) is 5.14. The van der Waals surface area contributed by atoms with E-state index in [9.17, 15) is 13.2 Å². The third-order valence-electron chi connectivity index (χ3n) is 6.02. The smallest absolute Gasteiger partial charge is 0.223 e. The molecule has 0 saturated carbocycles. The molecule has 1 aliphatic rings. The number of benzene rings is 3. The fourth-order valence-corrected chi connectivity index (χ4v) is 5.72. The van der Waals surface area contributed by atoms with Crippen LogP contribution in [0.25, 0.3) is 10.8 Å². The van der Waals surface area contributed by atoms with Crippen molar-refractivity contribution in [3.05, 3.63) is 83.4 Å². The minimum Gasteiger partial charge on any atom is -0.352 e. The van der Waals surface area contributed by atoms with Gasteiger partial charge in [-0.15, -0.1) is 0 Å². The summed E-state index contributed by atoms with van der Waals surface area (Å²) in [5.41, 5.74) is 2.99. The van der Waals surface area contributed by atoms with Crippen molar-refractivity contribution in [2.75, 3.05) is 13.1 Å². The Morgan fingerprint density at radius 3 is 2.39 bits per heavy atom. The number of aryl methyl sites for hydroxylation is 1. The fraction of sp³-hybridized carbons (Fsp3) is 0.320. The fourth-order valence-electron chi connectivity index (χ4n) is 4.16. The van der Waals surface area contributed by atoms with Gasteiger partial charge in [-0.25, -0.2) is 12.7 Å². The second-order valence-electron chi connectivity index (χ2n) is 8.27. The minimum absolute atomic E-state index is 0.00326. The summed E-state index contributed by atoms with van der Waals surface area (Å²) in [4.78, 5) is 12.7. The van der Waals surface area contributed by atoms with Crippen LogP contribution in [0, 0.1) is 12.8 Å². The van der Waals surface area contributed by atoms with Gasteiger partial charge >= 0.3 is 0 Å². The molecule has 1 heterocycles. The standard InChI is InChI=1S/C25H28N2O3S/c1-19-9-11-20(12-10-19)18-31(29,30)27-15-13-22(14-16-27)25(28)26-17-23-7-4-6-21-5-2-3-8-24(21)23/h2-12,22H,13-18H2,1H3,(H,26,28). The van der Waals surface area contributed by atoms with Crippen molar-refractivity contribution in [2.45, 2.75) is 32.1 Å². The number of carbonyl (C=O) groups is 1. The maximum atomic E-state index is 12.8. The van der Waals surface area contributed by atoms with Crippen LogP contribution in [-0.2, 0) is 27.1 Å². The van der Waals surface area contributed by atoms with Crippen molar-refractivity contribution in [3.8, 4) is 0 Å². The van der Waals surface area contributed by atoms with Crippen molar-refractivity contribution in [3.63, 3.8) is 0 Å². The van der Waals surface area contributed by atoms with Crippen LogP contribution in [0.1, 0.15) is 29.5 Å². The average molecular weight is 437 g/mol. The van der Waals surface area contributed by atoms with Crippen LogP contribution in [0.15, 0.2) is 66.7 Å². The van der Waals surface area contributed by atoms with Gasteiger partial charge in [0.15, 0.2) is 0 Å². The summed E-state index contributed by atoms with van der Waals surface area (Å²) < 4.78 is 27.1. The Morgan fingerprint density at radius 2 is 1.65 bits per heavy atom. The van der Waals surface area contributed by atoms with Gasteiger partial charge in [0.1, 0.15) is 0 Å². The van der Waals surface area contributed by atoms with E-state index in [1.54, 1.807) is 0 Å². The van der Waals surface area contributed by atoms with Crippen LogP contribution in [-0.4, -0.2) is 31.7 Å². The molecule has 1 amide bonds. The van der Waals surface area contributed by atoms with E-state index in [4.69, 9.17) is 0 Å². The summed E-state index contributed by atoms with van der Waals surface area (Å²) in [5.74, 6) is -0.144. The lowest BCUT2D eigenvalue weighted by Gasteiger charge is -2.30. The second-order valence-corrected chi connectivity index (χ2v) is 10.2. The molecule has 0 radical (unpaired) electrons. The zero-order chi connectivity index (χ0) is 21.8. The van der Waals surface area contributed by atoms with Crippen molar-refractivity contribution >= 4 is 26.7 Å². The molecule has 0 unspecified atom stereocenters. The van der Waals surface area contributed by atoms with Gasteiger partial charge in [-0.2, -0.15) is 0 Å². The first kappa shape index (κ1) is 21.5. The van der Waals surface area contributed by atoms with Crippen LogP contribution < -0.4 is 5.32 Å². The van der Waals surface area contributed by atoms with E-state index in [1.807, 2.05) is 55.5 Å². The van der Waals surface area contributed by atoms with Crippen LogP contribution in [0.4, 0.5) is 0 Å². The Balaban J connectivity index is 1.31. The van der Waals surface area contributed by atoms with Gasteiger partial charge in [0.25, 0.3) is 0 Å². The molecule has 0 atom stereocenters. The molecule has 0 spiro atoms. The molecule has 31 heavy (non-hydrogen) atoms. The number of nitrogens with zero attached hydrogens (tertiary/aromatic N) is 1. The highest BCUT2D eigenvalue weighted by molar-refractivity contribution is 7.88. The zero-order valence-electron chi connectivity index (χ0n) is 17.8. The molecule has 4 rings (SSSR count). The van der Waals surface area contributed by atoms with Gasteiger partial charge in [-0.1, -0.05) is 72.3 Å². The first-order chi connectivity index (χ1) is 14.9. The van der Waals surface area contributed by atoms with E-state index in [0.29, 0.717) is 32.5 Å². The van der Waals surface area contributed by atoms with Gasteiger partial charge in [0.2, 0.25) is 15.9 Å². The largest absolute Gasteiger partial charge is 0.352 e. The number of amides is 1. The molecule has 5 nitrogen and oxygen atoms in total. The molecule has 1 saturated heterocycles. The Morgan fingerprint density at radius 1 is 0.968 bits per heavy atom. The van der Waals surface area contributed by atoms with Gasteiger partial charge in [-0.3, -0.25) is 4.79 Å². The zero-order valence-corrected chi connectivity index (χ0v) is 18.6. The Hall–Kier alpha value is -2.70. The topological polar surface area (TPSA) is 66.5 Å². The highest BCUT2D eigenvalue weighted by atomic mass is 32.2.